The van der Waals surface area contributed by atoms with Gasteiger partial charge in [0, 0.05) is 62.1 Å². The van der Waals surface area contributed by atoms with Crippen LogP contribution in [-0.2, 0) is 14.3 Å². The molecule has 0 radical (unpaired) electrons. The zero-order valence-electron chi connectivity index (χ0n) is 31.0. The number of amides is 1. The molecule has 3 heterocycles. The van der Waals surface area contributed by atoms with E-state index in [9.17, 15) is 14.4 Å². The van der Waals surface area contributed by atoms with Gasteiger partial charge in [0.05, 0.1) is 29.5 Å². The van der Waals surface area contributed by atoms with Crippen LogP contribution in [0.2, 0.25) is 0 Å². The molecule has 10 heteroatoms. The fourth-order valence-corrected chi connectivity index (χ4v) is 8.08. The van der Waals surface area contributed by atoms with Crippen LogP contribution in [0.15, 0.2) is 108 Å². The number of likely N-dealkylation sites (N-methyl/N-ethyl adjacent to an activating group) is 1. The number of carbonyl (C=O) groups excluding carboxylic acids is 2. The number of anilines is 1. The smallest absolute Gasteiger partial charge is 0.407 e. The largest absolute Gasteiger partial charge is 0.463 e. The number of rotatable bonds is 12. The standard InChI is InChI=1S/C44H43N5O5/c1-5-44(3,27-28(2)48-36-18-9-6-13-29(36)30-14-7-10-19-37(30)48)42(51)53-25-23-45-43(52)54-26-24-47(4)35-22-21-33-39-31(35)15-12-16-32(39)40-46-34-17-8-11-20-38(34)49(40)41(33)50/h6-22,28H,5,23-27H2,1-4H3,(H,45,52). The van der Waals surface area contributed by atoms with Crippen LogP contribution in [-0.4, -0.2) is 59.4 Å². The van der Waals surface area contributed by atoms with Crippen molar-refractivity contribution in [2.45, 2.75) is 39.7 Å². The number of esters is 1. The predicted octanol–water partition coefficient (Wildman–Crippen LogP) is 8.47. The van der Waals surface area contributed by atoms with Crippen LogP contribution < -0.4 is 15.8 Å². The molecule has 0 fully saturated rings. The van der Waals surface area contributed by atoms with Gasteiger partial charge in [-0.15, -0.1) is 0 Å². The molecule has 1 amide bonds. The van der Waals surface area contributed by atoms with Crippen molar-refractivity contribution in [3.05, 3.63) is 113 Å². The number of aromatic nitrogens is 3. The SMILES string of the molecule is CCC(C)(CC(C)n1c2ccccc2c2ccccc21)C(=O)OCCNC(=O)OCCN(C)c1ccc2c(=O)n3c4ccccc4nc3c3cccc1c23. The van der Waals surface area contributed by atoms with Crippen LogP contribution >= 0.6 is 0 Å². The number of alkyl carbamates (subject to hydrolysis) is 1. The molecule has 0 saturated heterocycles. The number of ether oxygens (including phenoxy) is 2. The monoisotopic (exact) mass is 721 g/mol. The second kappa shape index (κ2) is 14.0. The summed E-state index contributed by atoms with van der Waals surface area (Å²) >= 11 is 0. The van der Waals surface area contributed by atoms with Crippen LogP contribution in [0.25, 0.3) is 60.0 Å². The van der Waals surface area contributed by atoms with E-state index in [1.807, 2.05) is 92.5 Å². The van der Waals surface area contributed by atoms with E-state index in [0.717, 1.165) is 43.9 Å². The van der Waals surface area contributed by atoms with Gasteiger partial charge < -0.3 is 24.3 Å². The van der Waals surface area contributed by atoms with Crippen molar-refractivity contribution < 1.29 is 19.1 Å². The highest BCUT2D eigenvalue weighted by Crippen LogP contribution is 2.39. The van der Waals surface area contributed by atoms with Crippen LogP contribution in [0.5, 0.6) is 0 Å². The van der Waals surface area contributed by atoms with Crippen molar-refractivity contribution in [3.8, 4) is 0 Å². The van der Waals surface area contributed by atoms with E-state index in [4.69, 9.17) is 14.5 Å². The summed E-state index contributed by atoms with van der Waals surface area (Å²) in [6.07, 6.45) is 0.637. The molecule has 8 rings (SSSR count). The number of hydrogen-bond acceptors (Lipinski definition) is 7. The minimum absolute atomic E-state index is 0.0420. The third-order valence-corrected chi connectivity index (χ3v) is 11.0. The van der Waals surface area contributed by atoms with Crippen molar-refractivity contribution >= 4 is 77.8 Å². The molecule has 10 nitrogen and oxygen atoms in total. The number of carbonyl (C=O) groups is 2. The van der Waals surface area contributed by atoms with Gasteiger partial charge in [-0.25, -0.2) is 9.78 Å². The highest BCUT2D eigenvalue weighted by molar-refractivity contribution is 6.18. The maximum absolute atomic E-state index is 13.7. The molecule has 0 aliphatic carbocycles. The number of benzene rings is 5. The Morgan fingerprint density at radius 2 is 1.44 bits per heavy atom. The average molecular weight is 722 g/mol. The van der Waals surface area contributed by atoms with Crippen molar-refractivity contribution in [2.24, 2.45) is 5.41 Å². The van der Waals surface area contributed by atoms with E-state index in [-0.39, 0.29) is 37.3 Å². The molecule has 274 valence electrons. The molecule has 8 aromatic rings. The van der Waals surface area contributed by atoms with Crippen LogP contribution in [0.4, 0.5) is 10.5 Å². The number of hydrogen-bond donors (Lipinski definition) is 1. The second-order valence-corrected chi connectivity index (χ2v) is 14.4. The summed E-state index contributed by atoms with van der Waals surface area (Å²) in [6.45, 7) is 6.85. The molecular formula is C44H43N5O5. The Kier molecular flexibility index (Phi) is 9.05. The van der Waals surface area contributed by atoms with Gasteiger partial charge in [0.15, 0.2) is 0 Å². The molecule has 0 saturated carbocycles. The van der Waals surface area contributed by atoms with E-state index in [1.165, 1.54) is 10.8 Å². The fraction of sp³-hybridized carbons (Fsp3) is 0.273. The Morgan fingerprint density at radius 3 is 2.17 bits per heavy atom. The first-order valence-corrected chi connectivity index (χ1v) is 18.5. The lowest BCUT2D eigenvalue weighted by molar-refractivity contribution is -0.156. The summed E-state index contributed by atoms with van der Waals surface area (Å²) in [6, 6.07) is 34.2. The maximum Gasteiger partial charge on any atom is 0.407 e. The normalized spacial score (nSPS) is 13.6. The van der Waals surface area contributed by atoms with E-state index in [1.54, 1.807) is 4.40 Å². The van der Waals surface area contributed by atoms with Gasteiger partial charge in [0.2, 0.25) is 0 Å². The molecule has 54 heavy (non-hydrogen) atoms. The molecule has 1 N–H and O–H groups in total. The highest BCUT2D eigenvalue weighted by atomic mass is 16.6. The summed E-state index contributed by atoms with van der Waals surface area (Å²) in [4.78, 5) is 46.5. The fourth-order valence-electron chi connectivity index (χ4n) is 8.08. The summed E-state index contributed by atoms with van der Waals surface area (Å²) in [5, 5.41) is 8.42. The first-order chi connectivity index (χ1) is 26.2. The number of nitrogens with zero attached hydrogens (tertiary/aromatic N) is 4. The van der Waals surface area contributed by atoms with Gasteiger partial charge >= 0.3 is 12.1 Å². The van der Waals surface area contributed by atoms with E-state index < -0.39 is 11.5 Å². The lowest BCUT2D eigenvalue weighted by Gasteiger charge is -2.30. The lowest BCUT2D eigenvalue weighted by atomic mass is 9.81. The first-order valence-electron chi connectivity index (χ1n) is 18.5. The van der Waals surface area contributed by atoms with Crippen molar-refractivity contribution in [2.75, 3.05) is 38.3 Å². The summed E-state index contributed by atoms with van der Waals surface area (Å²) in [5.41, 5.74) is 4.59. The van der Waals surface area contributed by atoms with Gasteiger partial charge in [0.25, 0.3) is 5.56 Å². The van der Waals surface area contributed by atoms with Gasteiger partial charge in [0.1, 0.15) is 18.9 Å². The van der Waals surface area contributed by atoms with Crippen LogP contribution in [0.1, 0.15) is 39.7 Å². The summed E-state index contributed by atoms with van der Waals surface area (Å²) in [5.74, 6) is -0.283. The molecular weight excluding hydrogens is 679 g/mol. The minimum atomic E-state index is -0.707. The van der Waals surface area contributed by atoms with Crippen LogP contribution in [0.3, 0.4) is 0 Å². The number of nitrogens with one attached hydrogen (secondary N) is 1. The average Bonchev–Trinajstić information content (AvgIpc) is 3.75. The molecule has 0 aliphatic heterocycles. The Bertz CT molecular complexity index is 2700. The van der Waals surface area contributed by atoms with Gasteiger partial charge in [-0.3, -0.25) is 14.0 Å². The van der Waals surface area contributed by atoms with Gasteiger partial charge in [-0.2, -0.15) is 0 Å². The van der Waals surface area contributed by atoms with E-state index in [2.05, 4.69) is 53.2 Å². The zero-order valence-corrected chi connectivity index (χ0v) is 31.0. The summed E-state index contributed by atoms with van der Waals surface area (Å²) in [7, 11) is 1.93. The Morgan fingerprint density at radius 1 is 0.796 bits per heavy atom. The number of para-hydroxylation sites is 4. The second-order valence-electron chi connectivity index (χ2n) is 14.4. The molecule has 2 atom stereocenters. The third-order valence-electron chi connectivity index (χ3n) is 11.0. The van der Waals surface area contributed by atoms with Crippen molar-refractivity contribution in [3.63, 3.8) is 0 Å². The summed E-state index contributed by atoms with van der Waals surface area (Å²) < 4.78 is 15.2. The third kappa shape index (κ3) is 5.91. The topological polar surface area (TPSA) is 107 Å². The number of fused-ring (bicyclic) bond motifs is 7. The molecule has 0 aliphatic rings. The van der Waals surface area contributed by atoms with Crippen molar-refractivity contribution in [1.82, 2.24) is 19.3 Å². The quantitative estimate of drug-likeness (QED) is 0.0997. The van der Waals surface area contributed by atoms with Gasteiger partial charge in [-0.1, -0.05) is 73.7 Å². The molecule has 2 unspecified atom stereocenters. The van der Waals surface area contributed by atoms with E-state index in [0.29, 0.717) is 30.4 Å². The number of imidazole rings is 1. The Balaban J connectivity index is 0.859. The van der Waals surface area contributed by atoms with Crippen LogP contribution in [0, 0.1) is 5.41 Å². The van der Waals surface area contributed by atoms with Gasteiger partial charge in [-0.05, 0) is 63.1 Å². The predicted molar refractivity (Wildman–Crippen MR) is 216 cm³/mol. The minimum Gasteiger partial charge on any atom is -0.463 e. The first kappa shape index (κ1) is 34.9. The highest BCUT2D eigenvalue weighted by Gasteiger charge is 2.35. The number of pyridine rings is 1. The zero-order chi connectivity index (χ0) is 37.6. The Labute approximate surface area is 312 Å². The molecule has 0 bridgehead atoms. The Hall–Kier alpha value is -6.16. The molecule has 5 aromatic carbocycles. The van der Waals surface area contributed by atoms with E-state index >= 15 is 0 Å². The van der Waals surface area contributed by atoms with Crippen molar-refractivity contribution in [1.29, 1.82) is 0 Å². The molecule has 0 spiro atoms. The molecule has 3 aromatic heterocycles. The lowest BCUT2D eigenvalue weighted by Crippen LogP contribution is -2.35. The maximum atomic E-state index is 13.7.